The molecule has 9 heteroatoms. The minimum Gasteiger partial charge on any atom is -0.496 e. The number of fused-ring (bicyclic) bond motifs is 1. The molecular weight excluding hydrogens is 527 g/mol. The van der Waals surface area contributed by atoms with Crippen molar-refractivity contribution < 1.29 is 18.7 Å². The number of nitrogens with zero attached hydrogens (tertiary/aromatic N) is 3. The molecule has 7 nitrogen and oxygen atoms in total. The van der Waals surface area contributed by atoms with Gasteiger partial charge in [-0.05, 0) is 55.4 Å². The van der Waals surface area contributed by atoms with Gasteiger partial charge in [0.25, 0.3) is 11.8 Å². The second-order valence-corrected chi connectivity index (χ2v) is 10.9. The third kappa shape index (κ3) is 6.16. The van der Waals surface area contributed by atoms with Crippen molar-refractivity contribution in [3.05, 3.63) is 88.6 Å². The van der Waals surface area contributed by atoms with Crippen LogP contribution in [0.3, 0.4) is 0 Å². The molecule has 0 radical (unpaired) electrons. The number of ether oxygens (including phenoxy) is 1. The minimum atomic E-state index is -0.181. The van der Waals surface area contributed by atoms with Crippen molar-refractivity contribution in [2.75, 3.05) is 63.2 Å². The van der Waals surface area contributed by atoms with Gasteiger partial charge in [-0.2, -0.15) is 0 Å². The molecule has 5 rings (SSSR count). The SMILES string of the molecule is COc1ccccc1/C=C1/Sc2ccc(C(=O)NCCCN3CCN(c4ccccc4F)CC3)cc2N(C)C1=O. The van der Waals surface area contributed by atoms with Crippen LogP contribution in [0.5, 0.6) is 5.75 Å². The molecule has 3 aromatic rings. The van der Waals surface area contributed by atoms with Crippen LogP contribution < -0.4 is 19.9 Å². The fourth-order valence-electron chi connectivity index (χ4n) is 4.99. The average molecular weight is 561 g/mol. The van der Waals surface area contributed by atoms with Crippen LogP contribution in [0.4, 0.5) is 15.8 Å². The first-order valence-electron chi connectivity index (χ1n) is 13.4. The summed E-state index contributed by atoms with van der Waals surface area (Å²) in [5, 5.41) is 3.01. The van der Waals surface area contributed by atoms with Crippen LogP contribution in [0.1, 0.15) is 22.3 Å². The Labute approximate surface area is 238 Å². The van der Waals surface area contributed by atoms with Crippen LogP contribution in [-0.2, 0) is 4.79 Å². The number of anilines is 2. The van der Waals surface area contributed by atoms with Gasteiger partial charge in [-0.25, -0.2) is 4.39 Å². The summed E-state index contributed by atoms with van der Waals surface area (Å²) in [7, 11) is 3.34. The molecule has 0 unspecified atom stereocenters. The van der Waals surface area contributed by atoms with Gasteiger partial charge in [-0.1, -0.05) is 42.1 Å². The first kappa shape index (κ1) is 27.7. The summed E-state index contributed by atoms with van der Waals surface area (Å²) in [6.45, 7) is 4.70. The first-order chi connectivity index (χ1) is 19.4. The Balaban J connectivity index is 1.13. The van der Waals surface area contributed by atoms with Crippen molar-refractivity contribution in [1.29, 1.82) is 0 Å². The van der Waals surface area contributed by atoms with E-state index in [0.717, 1.165) is 49.6 Å². The highest BCUT2D eigenvalue weighted by molar-refractivity contribution is 8.04. The summed E-state index contributed by atoms with van der Waals surface area (Å²) in [6.07, 6.45) is 2.66. The van der Waals surface area contributed by atoms with Gasteiger partial charge < -0.3 is 19.9 Å². The monoisotopic (exact) mass is 560 g/mol. The van der Waals surface area contributed by atoms with Crippen molar-refractivity contribution in [2.45, 2.75) is 11.3 Å². The number of thioether (sulfide) groups is 1. The molecule has 208 valence electrons. The van der Waals surface area contributed by atoms with Gasteiger partial charge in [-0.3, -0.25) is 14.5 Å². The van der Waals surface area contributed by atoms with Crippen LogP contribution in [0, 0.1) is 5.82 Å². The lowest BCUT2D eigenvalue weighted by molar-refractivity contribution is -0.114. The number of piperazine rings is 1. The van der Waals surface area contributed by atoms with Gasteiger partial charge >= 0.3 is 0 Å². The Morgan fingerprint density at radius 1 is 1.02 bits per heavy atom. The number of carbonyl (C=O) groups excluding carboxylic acids is 2. The van der Waals surface area contributed by atoms with Crippen LogP contribution in [0.15, 0.2) is 76.5 Å². The summed E-state index contributed by atoms with van der Waals surface area (Å²) < 4.78 is 19.5. The molecule has 1 N–H and O–H groups in total. The summed E-state index contributed by atoms with van der Waals surface area (Å²) in [5.41, 5.74) is 2.73. The molecule has 2 aliphatic heterocycles. The van der Waals surface area contributed by atoms with Crippen LogP contribution in [-0.4, -0.2) is 70.1 Å². The van der Waals surface area contributed by atoms with Gasteiger partial charge in [0, 0.05) is 55.8 Å². The lowest BCUT2D eigenvalue weighted by Crippen LogP contribution is -2.47. The van der Waals surface area contributed by atoms with E-state index in [2.05, 4.69) is 15.1 Å². The zero-order chi connectivity index (χ0) is 28.1. The van der Waals surface area contributed by atoms with E-state index in [4.69, 9.17) is 4.74 Å². The second kappa shape index (κ2) is 12.6. The lowest BCUT2D eigenvalue weighted by atomic mass is 10.1. The van der Waals surface area contributed by atoms with Gasteiger partial charge in [0.05, 0.1) is 23.4 Å². The summed E-state index contributed by atoms with van der Waals surface area (Å²) >= 11 is 1.39. The molecule has 2 aliphatic rings. The van der Waals surface area contributed by atoms with E-state index in [1.807, 2.05) is 48.5 Å². The number of para-hydroxylation sites is 2. The van der Waals surface area contributed by atoms with Crippen molar-refractivity contribution in [2.24, 2.45) is 0 Å². The molecule has 3 aromatic carbocycles. The van der Waals surface area contributed by atoms with E-state index in [-0.39, 0.29) is 17.6 Å². The number of nitrogens with one attached hydrogen (secondary N) is 1. The summed E-state index contributed by atoms with van der Waals surface area (Å²) in [4.78, 5) is 33.5. The van der Waals surface area contributed by atoms with E-state index in [1.54, 1.807) is 37.3 Å². The molecule has 0 bridgehead atoms. The second-order valence-electron chi connectivity index (χ2n) is 9.79. The Morgan fingerprint density at radius 3 is 2.55 bits per heavy atom. The number of carbonyl (C=O) groups is 2. The van der Waals surface area contributed by atoms with E-state index < -0.39 is 0 Å². The van der Waals surface area contributed by atoms with Crippen molar-refractivity contribution >= 4 is 41.0 Å². The van der Waals surface area contributed by atoms with Gasteiger partial charge in [0.15, 0.2) is 0 Å². The fraction of sp³-hybridized carbons (Fsp3) is 0.290. The maximum absolute atomic E-state index is 14.1. The molecule has 40 heavy (non-hydrogen) atoms. The Morgan fingerprint density at radius 2 is 1.77 bits per heavy atom. The third-order valence-corrected chi connectivity index (χ3v) is 8.32. The predicted octanol–water partition coefficient (Wildman–Crippen LogP) is 4.89. The molecular formula is C31H33FN4O3S. The maximum atomic E-state index is 14.1. The number of rotatable bonds is 8. The summed E-state index contributed by atoms with van der Waals surface area (Å²) in [5.74, 6) is 0.234. The normalized spacial score (nSPS) is 16.7. The van der Waals surface area contributed by atoms with Crippen molar-refractivity contribution in [1.82, 2.24) is 10.2 Å². The standard InChI is InChI=1S/C31H33FN4O3S/c1-34-26-20-23(12-13-28(26)40-29(31(34)38)21-22-8-3-6-11-27(22)39-2)30(37)33-14-7-15-35-16-18-36(19-17-35)25-10-5-4-9-24(25)32/h3-6,8-13,20-21H,7,14-19H2,1-2H3,(H,33,37)/b29-21+. The Kier molecular flexibility index (Phi) is 8.72. The van der Waals surface area contributed by atoms with Crippen molar-refractivity contribution in [3.63, 3.8) is 0 Å². The number of hydrogen-bond donors (Lipinski definition) is 1. The Hall–Kier alpha value is -3.82. The quantitative estimate of drug-likeness (QED) is 0.313. The number of methoxy groups -OCH3 is 1. The minimum absolute atomic E-state index is 0.129. The molecule has 0 spiro atoms. The topological polar surface area (TPSA) is 65.1 Å². The molecule has 0 aromatic heterocycles. The highest BCUT2D eigenvalue weighted by Gasteiger charge is 2.28. The smallest absolute Gasteiger partial charge is 0.264 e. The van der Waals surface area contributed by atoms with Crippen LogP contribution >= 0.6 is 11.8 Å². The van der Waals surface area contributed by atoms with Crippen LogP contribution in [0.2, 0.25) is 0 Å². The third-order valence-electron chi connectivity index (χ3n) is 7.25. The molecule has 0 saturated carbocycles. The van der Waals surface area contributed by atoms with Crippen LogP contribution in [0.25, 0.3) is 6.08 Å². The molecule has 0 atom stereocenters. The van der Waals surface area contributed by atoms with E-state index in [1.165, 1.54) is 17.8 Å². The van der Waals surface area contributed by atoms with Gasteiger partial charge in [0.2, 0.25) is 0 Å². The molecule has 1 saturated heterocycles. The van der Waals surface area contributed by atoms with E-state index in [9.17, 15) is 14.0 Å². The maximum Gasteiger partial charge on any atom is 0.264 e. The molecule has 0 aliphatic carbocycles. The molecule has 2 amide bonds. The number of likely N-dealkylation sites (N-methyl/N-ethyl adjacent to an activating group) is 1. The highest BCUT2D eigenvalue weighted by atomic mass is 32.2. The average Bonchev–Trinajstić information content (AvgIpc) is 2.98. The van der Waals surface area contributed by atoms with Gasteiger partial charge in [0.1, 0.15) is 11.6 Å². The van der Waals surface area contributed by atoms with Crippen molar-refractivity contribution in [3.8, 4) is 5.75 Å². The number of amides is 2. The summed E-state index contributed by atoms with van der Waals surface area (Å²) in [6, 6.07) is 19.9. The number of hydrogen-bond acceptors (Lipinski definition) is 6. The van der Waals surface area contributed by atoms with E-state index >= 15 is 0 Å². The number of benzene rings is 3. The predicted molar refractivity (Wildman–Crippen MR) is 159 cm³/mol. The fourth-order valence-corrected chi connectivity index (χ4v) is 6.07. The first-order valence-corrected chi connectivity index (χ1v) is 14.2. The molecule has 2 heterocycles. The van der Waals surface area contributed by atoms with Gasteiger partial charge in [-0.15, -0.1) is 0 Å². The zero-order valence-corrected chi connectivity index (χ0v) is 23.5. The lowest BCUT2D eigenvalue weighted by Gasteiger charge is -2.36. The number of halogens is 1. The zero-order valence-electron chi connectivity index (χ0n) is 22.7. The highest BCUT2D eigenvalue weighted by Crippen LogP contribution is 2.42. The van der Waals surface area contributed by atoms with E-state index in [0.29, 0.717) is 34.1 Å². The molecule has 1 fully saturated rings. The Bertz CT molecular complexity index is 1420. The largest absolute Gasteiger partial charge is 0.496 e.